The molecule has 8 heteroatoms. The first-order chi connectivity index (χ1) is 7.52. The summed E-state index contributed by atoms with van der Waals surface area (Å²) in [5, 5.41) is 11.4. The number of nitrogen functional groups attached to an aromatic ring is 1. The van der Waals surface area contributed by atoms with E-state index in [0.29, 0.717) is 21.7 Å². The molecule has 0 fully saturated rings. The number of nitrogens with two attached hydrogens (primary N) is 1. The Labute approximate surface area is 99.4 Å². The average molecular weight is 285 g/mol. The Morgan fingerprint density at radius 2 is 2.12 bits per heavy atom. The molecule has 0 radical (unpaired) electrons. The Morgan fingerprint density at radius 1 is 1.44 bits per heavy atom. The topological polar surface area (TPSA) is 91.6 Å². The second-order valence-corrected chi connectivity index (χ2v) is 4.00. The summed E-state index contributed by atoms with van der Waals surface area (Å²) in [6.07, 6.45) is 1.43. The molecule has 2 aromatic rings. The maximum absolute atomic E-state index is 12.1. The fourth-order valence-electron chi connectivity index (χ4n) is 1.32. The van der Waals surface area contributed by atoms with Crippen molar-refractivity contribution in [3.05, 3.63) is 22.1 Å². The molecule has 7 nitrogen and oxygen atoms in total. The number of rotatable bonds is 2. The van der Waals surface area contributed by atoms with Gasteiger partial charge in [0.1, 0.15) is 11.5 Å². The summed E-state index contributed by atoms with van der Waals surface area (Å²) >= 11 is 3.16. The summed E-state index contributed by atoms with van der Waals surface area (Å²) in [5.74, 6) is 0.0584. The summed E-state index contributed by atoms with van der Waals surface area (Å²) < 4.78 is 3.22. The molecule has 0 bridgehead atoms. The van der Waals surface area contributed by atoms with Gasteiger partial charge in [0.25, 0.3) is 0 Å². The van der Waals surface area contributed by atoms with Crippen LogP contribution in [0.4, 0.5) is 5.82 Å². The third-order valence-corrected chi connectivity index (χ3v) is 2.76. The minimum absolute atomic E-state index is 0.259. The number of aromatic nitrogens is 5. The zero-order valence-corrected chi connectivity index (χ0v) is 10.3. The van der Waals surface area contributed by atoms with E-state index in [0.717, 1.165) is 0 Å². The van der Waals surface area contributed by atoms with Crippen molar-refractivity contribution >= 4 is 27.5 Å². The predicted octanol–water partition coefficient (Wildman–Crippen LogP) is 0.124. The number of aryl methyl sites for hydroxylation is 2. The van der Waals surface area contributed by atoms with E-state index in [1.807, 2.05) is 0 Å². The normalized spacial score (nSPS) is 10.7. The van der Waals surface area contributed by atoms with Crippen molar-refractivity contribution in [1.82, 2.24) is 24.8 Å². The summed E-state index contributed by atoms with van der Waals surface area (Å²) in [7, 11) is 3.31. The fraction of sp³-hybridized carbons (Fsp3) is 0.250. The summed E-state index contributed by atoms with van der Waals surface area (Å²) in [4.78, 5) is 12.1. The van der Waals surface area contributed by atoms with Gasteiger partial charge >= 0.3 is 0 Å². The van der Waals surface area contributed by atoms with Gasteiger partial charge in [-0.25, -0.2) is 4.68 Å². The number of anilines is 1. The molecule has 0 saturated carbocycles. The highest BCUT2D eigenvalue weighted by Crippen LogP contribution is 2.19. The Hall–Kier alpha value is -1.70. The zero-order chi connectivity index (χ0) is 11.9. The second kappa shape index (κ2) is 3.71. The highest BCUT2D eigenvalue weighted by atomic mass is 79.9. The van der Waals surface area contributed by atoms with Crippen LogP contribution in [0.3, 0.4) is 0 Å². The monoisotopic (exact) mass is 284 g/mol. The maximum Gasteiger partial charge on any atom is 0.219 e. The summed E-state index contributed by atoms with van der Waals surface area (Å²) in [6.45, 7) is 0. The number of hydrogen-bond acceptors (Lipinski definition) is 5. The van der Waals surface area contributed by atoms with Gasteiger partial charge in [-0.1, -0.05) is 5.21 Å². The van der Waals surface area contributed by atoms with Gasteiger partial charge in [0.05, 0.1) is 11.8 Å². The van der Waals surface area contributed by atoms with Crippen molar-refractivity contribution in [2.24, 2.45) is 14.1 Å². The van der Waals surface area contributed by atoms with Crippen LogP contribution < -0.4 is 5.73 Å². The van der Waals surface area contributed by atoms with Gasteiger partial charge in [-0.15, -0.1) is 5.10 Å². The molecule has 0 aromatic carbocycles. The van der Waals surface area contributed by atoms with E-state index >= 15 is 0 Å². The molecule has 2 heterocycles. The largest absolute Gasteiger partial charge is 0.383 e. The minimum Gasteiger partial charge on any atom is -0.383 e. The van der Waals surface area contributed by atoms with Gasteiger partial charge in [0.2, 0.25) is 5.78 Å². The predicted molar refractivity (Wildman–Crippen MR) is 59.8 cm³/mol. The van der Waals surface area contributed by atoms with Crippen LogP contribution in [0.1, 0.15) is 16.1 Å². The molecule has 16 heavy (non-hydrogen) atoms. The van der Waals surface area contributed by atoms with E-state index in [1.165, 1.54) is 15.6 Å². The molecule has 2 N–H and O–H groups in total. The molecule has 2 rings (SSSR count). The van der Waals surface area contributed by atoms with Gasteiger partial charge < -0.3 is 5.73 Å². The number of hydrogen-bond donors (Lipinski definition) is 1. The molecule has 0 saturated heterocycles. The smallest absolute Gasteiger partial charge is 0.219 e. The molecule has 84 valence electrons. The van der Waals surface area contributed by atoms with Gasteiger partial charge in [-0.3, -0.25) is 9.48 Å². The third kappa shape index (κ3) is 1.51. The van der Waals surface area contributed by atoms with Crippen LogP contribution in [0.5, 0.6) is 0 Å². The van der Waals surface area contributed by atoms with E-state index in [1.54, 1.807) is 14.1 Å². The summed E-state index contributed by atoms with van der Waals surface area (Å²) in [6, 6.07) is 0. The summed E-state index contributed by atoms with van der Waals surface area (Å²) in [5.41, 5.74) is 6.41. The molecule has 0 spiro atoms. The van der Waals surface area contributed by atoms with Crippen molar-refractivity contribution in [3.63, 3.8) is 0 Å². The second-order valence-electron chi connectivity index (χ2n) is 3.25. The number of nitrogens with zero attached hydrogens (tertiary/aromatic N) is 5. The first-order valence-corrected chi connectivity index (χ1v) is 5.19. The minimum atomic E-state index is -0.259. The Kier molecular flexibility index (Phi) is 2.50. The van der Waals surface area contributed by atoms with E-state index in [9.17, 15) is 4.79 Å². The van der Waals surface area contributed by atoms with Gasteiger partial charge in [0.15, 0.2) is 4.60 Å². The molecule has 0 atom stereocenters. The quantitative estimate of drug-likeness (QED) is 0.791. The van der Waals surface area contributed by atoms with Crippen LogP contribution in [0.2, 0.25) is 0 Å². The highest BCUT2D eigenvalue weighted by molar-refractivity contribution is 9.10. The molecular weight excluding hydrogens is 276 g/mol. The average Bonchev–Trinajstić information content (AvgIpc) is 2.73. The SMILES string of the molecule is Cn1ncc(C(=O)c2c(Br)nnn2C)c1N. The number of carbonyl (C=O) groups excluding carboxylic acids is 1. The molecule has 0 aliphatic rings. The lowest BCUT2D eigenvalue weighted by atomic mass is 10.1. The van der Waals surface area contributed by atoms with Crippen molar-refractivity contribution in [2.45, 2.75) is 0 Å². The number of carbonyl (C=O) groups is 1. The Balaban J connectivity index is 2.51. The van der Waals surface area contributed by atoms with Gasteiger partial charge in [0, 0.05) is 14.1 Å². The molecule has 2 aromatic heterocycles. The first-order valence-electron chi connectivity index (χ1n) is 4.39. The van der Waals surface area contributed by atoms with Crippen LogP contribution in [-0.4, -0.2) is 30.6 Å². The zero-order valence-electron chi connectivity index (χ0n) is 8.68. The van der Waals surface area contributed by atoms with Crippen molar-refractivity contribution in [1.29, 1.82) is 0 Å². The molecule has 0 aliphatic carbocycles. The van der Waals surface area contributed by atoms with E-state index in [2.05, 4.69) is 31.3 Å². The maximum atomic E-state index is 12.1. The molecule has 0 amide bonds. The van der Waals surface area contributed by atoms with Crippen molar-refractivity contribution in [2.75, 3.05) is 5.73 Å². The van der Waals surface area contributed by atoms with Crippen LogP contribution in [0, 0.1) is 0 Å². The van der Waals surface area contributed by atoms with Gasteiger partial charge in [-0.05, 0) is 15.9 Å². The highest BCUT2D eigenvalue weighted by Gasteiger charge is 2.22. The molecule has 0 aliphatic heterocycles. The van der Waals surface area contributed by atoms with E-state index in [-0.39, 0.29) is 5.78 Å². The standard InChI is InChI=1S/C8H9BrN6O/c1-14-5(7(9)12-13-14)6(16)4-3-11-15(2)8(4)10/h3H,10H2,1-2H3. The van der Waals surface area contributed by atoms with Crippen LogP contribution in [0.25, 0.3) is 0 Å². The lowest BCUT2D eigenvalue weighted by Gasteiger charge is -2.00. The van der Waals surface area contributed by atoms with E-state index in [4.69, 9.17) is 5.73 Å². The van der Waals surface area contributed by atoms with Gasteiger partial charge in [-0.2, -0.15) is 5.10 Å². The Bertz CT molecular complexity index is 537. The first kappa shape index (κ1) is 10.8. The van der Waals surface area contributed by atoms with Crippen LogP contribution >= 0.6 is 15.9 Å². The Morgan fingerprint density at radius 3 is 2.56 bits per heavy atom. The fourth-order valence-corrected chi connectivity index (χ4v) is 1.83. The molecule has 0 unspecified atom stereocenters. The lowest BCUT2D eigenvalue weighted by Crippen LogP contribution is -2.11. The lowest BCUT2D eigenvalue weighted by molar-refractivity contribution is 0.103. The number of halogens is 1. The number of ketones is 1. The third-order valence-electron chi connectivity index (χ3n) is 2.23. The molecular formula is C8H9BrN6O. The van der Waals surface area contributed by atoms with Crippen LogP contribution in [-0.2, 0) is 14.1 Å². The van der Waals surface area contributed by atoms with Crippen LogP contribution in [0.15, 0.2) is 10.8 Å². The van der Waals surface area contributed by atoms with Crippen molar-refractivity contribution in [3.8, 4) is 0 Å². The van der Waals surface area contributed by atoms with E-state index < -0.39 is 0 Å². The van der Waals surface area contributed by atoms with Crippen molar-refractivity contribution < 1.29 is 4.79 Å².